The molecule has 0 aromatic rings. The molecule has 12 heteroatoms. The van der Waals surface area contributed by atoms with E-state index in [0.29, 0.717) is 0 Å². The highest BCUT2D eigenvalue weighted by Crippen LogP contribution is 2.34. The summed E-state index contributed by atoms with van der Waals surface area (Å²) in [5, 5.41) is 10.6. The van der Waals surface area contributed by atoms with E-state index in [0.717, 1.165) is 27.7 Å². The topological polar surface area (TPSA) is 178 Å². The molecule has 1 rings (SSSR count). The molecule has 5 atom stereocenters. The first kappa shape index (κ1) is 22.3. The first-order valence-electron chi connectivity index (χ1n) is 7.73. The lowest BCUT2D eigenvalue weighted by Crippen LogP contribution is -2.71. The molecule has 1 fully saturated rings. The molecular formula is C15H21NO11. The lowest BCUT2D eigenvalue weighted by Gasteiger charge is -2.46. The molecule has 0 bridgehead atoms. The zero-order valence-electron chi connectivity index (χ0n) is 15.1. The molecule has 152 valence electrons. The third kappa shape index (κ3) is 5.62. The number of esters is 4. The van der Waals surface area contributed by atoms with Gasteiger partial charge in [0.15, 0.2) is 12.2 Å². The van der Waals surface area contributed by atoms with Crippen LogP contribution >= 0.6 is 0 Å². The van der Waals surface area contributed by atoms with E-state index in [4.69, 9.17) is 29.4 Å². The lowest BCUT2D eigenvalue weighted by atomic mass is 9.91. The standard InChI is InChI=1S/C15H21NO11/c1-6(17)23-5-10-11(24-7(2)18)12(25-8(3)19)13(26-9(4)20)15(22,27-10)14(16)21/h10-13,22H,5H2,1-4H3,(H2,16,21)/t10-,11-,12+,13-,15-/m1/s1. The molecule has 0 aliphatic carbocycles. The molecule has 0 aromatic heterocycles. The van der Waals surface area contributed by atoms with Gasteiger partial charge in [-0.25, -0.2) is 0 Å². The summed E-state index contributed by atoms with van der Waals surface area (Å²) in [6.45, 7) is 3.47. The normalized spacial score (nSPS) is 30.0. The van der Waals surface area contributed by atoms with Crippen molar-refractivity contribution in [3.05, 3.63) is 0 Å². The van der Waals surface area contributed by atoms with E-state index >= 15 is 0 Å². The Hall–Kier alpha value is -2.73. The van der Waals surface area contributed by atoms with Gasteiger partial charge in [0.2, 0.25) is 6.10 Å². The summed E-state index contributed by atoms with van der Waals surface area (Å²) in [5.41, 5.74) is 5.16. The summed E-state index contributed by atoms with van der Waals surface area (Å²) in [7, 11) is 0. The molecule has 1 aliphatic heterocycles. The fourth-order valence-electron chi connectivity index (χ4n) is 2.48. The second kappa shape index (κ2) is 8.77. The summed E-state index contributed by atoms with van der Waals surface area (Å²) in [4.78, 5) is 57.3. The molecule has 0 saturated carbocycles. The third-order valence-electron chi connectivity index (χ3n) is 3.41. The Labute approximate surface area is 153 Å². The molecule has 1 saturated heterocycles. The number of amides is 1. The molecular weight excluding hydrogens is 370 g/mol. The number of hydrogen-bond acceptors (Lipinski definition) is 11. The average Bonchev–Trinajstić information content (AvgIpc) is 2.50. The Balaban J connectivity index is 3.43. The molecule has 12 nitrogen and oxygen atoms in total. The van der Waals surface area contributed by atoms with Crippen LogP contribution in [0.5, 0.6) is 0 Å². The molecule has 0 aromatic carbocycles. The van der Waals surface area contributed by atoms with E-state index in [1.807, 2.05) is 0 Å². The number of aliphatic hydroxyl groups is 1. The molecule has 0 spiro atoms. The van der Waals surface area contributed by atoms with Crippen molar-refractivity contribution in [2.45, 2.75) is 57.9 Å². The molecule has 3 N–H and O–H groups in total. The van der Waals surface area contributed by atoms with Gasteiger partial charge in [0.05, 0.1) is 0 Å². The van der Waals surface area contributed by atoms with Crippen molar-refractivity contribution >= 4 is 29.8 Å². The van der Waals surface area contributed by atoms with E-state index in [1.54, 1.807) is 0 Å². The van der Waals surface area contributed by atoms with Crippen molar-refractivity contribution in [3.63, 3.8) is 0 Å². The second-order valence-electron chi connectivity index (χ2n) is 5.70. The van der Waals surface area contributed by atoms with E-state index in [9.17, 15) is 29.1 Å². The Morgan fingerprint density at radius 3 is 1.78 bits per heavy atom. The van der Waals surface area contributed by atoms with Crippen LogP contribution in [0.25, 0.3) is 0 Å². The minimum absolute atomic E-state index is 0.590. The molecule has 1 heterocycles. The van der Waals surface area contributed by atoms with Gasteiger partial charge in [-0.05, 0) is 0 Å². The Kier molecular flexibility index (Phi) is 7.25. The zero-order valence-corrected chi connectivity index (χ0v) is 15.1. The summed E-state index contributed by atoms with van der Waals surface area (Å²) < 4.78 is 24.9. The fourth-order valence-corrected chi connectivity index (χ4v) is 2.48. The van der Waals surface area contributed by atoms with Gasteiger partial charge in [-0.1, -0.05) is 0 Å². The minimum Gasteiger partial charge on any atom is -0.463 e. The zero-order chi connectivity index (χ0) is 20.9. The largest absolute Gasteiger partial charge is 0.463 e. The maximum absolute atomic E-state index is 11.8. The fraction of sp³-hybridized carbons (Fsp3) is 0.667. The van der Waals surface area contributed by atoms with E-state index < -0.39 is 66.6 Å². The van der Waals surface area contributed by atoms with Gasteiger partial charge in [-0.3, -0.25) is 24.0 Å². The first-order chi connectivity index (χ1) is 12.4. The van der Waals surface area contributed by atoms with Crippen molar-refractivity contribution in [2.75, 3.05) is 6.61 Å². The molecule has 27 heavy (non-hydrogen) atoms. The highest BCUT2D eigenvalue weighted by atomic mass is 16.7. The number of nitrogens with two attached hydrogens (primary N) is 1. The predicted octanol–water partition coefficient (Wildman–Crippen LogP) is -2.08. The van der Waals surface area contributed by atoms with E-state index in [2.05, 4.69) is 0 Å². The van der Waals surface area contributed by atoms with Crippen molar-refractivity contribution < 1.29 is 52.8 Å². The van der Waals surface area contributed by atoms with Crippen LogP contribution in [0.4, 0.5) is 0 Å². The first-order valence-corrected chi connectivity index (χ1v) is 7.73. The Morgan fingerprint density at radius 1 is 0.889 bits per heavy atom. The number of rotatable bonds is 6. The van der Waals surface area contributed by atoms with Gasteiger partial charge in [-0.2, -0.15) is 0 Å². The second-order valence-corrected chi connectivity index (χ2v) is 5.70. The van der Waals surface area contributed by atoms with Gasteiger partial charge < -0.3 is 34.5 Å². The number of primary amides is 1. The number of hydrogen-bond donors (Lipinski definition) is 2. The van der Waals surface area contributed by atoms with Gasteiger partial charge >= 0.3 is 23.9 Å². The highest BCUT2D eigenvalue weighted by Gasteiger charge is 2.62. The van der Waals surface area contributed by atoms with Crippen molar-refractivity contribution in [3.8, 4) is 0 Å². The summed E-state index contributed by atoms with van der Waals surface area (Å²) in [6, 6.07) is 0. The van der Waals surface area contributed by atoms with Crippen LogP contribution in [-0.2, 0) is 47.7 Å². The van der Waals surface area contributed by atoms with Crippen LogP contribution in [0.2, 0.25) is 0 Å². The van der Waals surface area contributed by atoms with Crippen molar-refractivity contribution in [1.29, 1.82) is 0 Å². The van der Waals surface area contributed by atoms with Gasteiger partial charge in [0, 0.05) is 27.7 Å². The van der Waals surface area contributed by atoms with Gasteiger partial charge in [0.1, 0.15) is 12.7 Å². The average molecular weight is 391 g/mol. The number of carbonyl (C=O) groups is 5. The van der Waals surface area contributed by atoms with E-state index in [-0.39, 0.29) is 0 Å². The Morgan fingerprint density at radius 2 is 1.37 bits per heavy atom. The number of ether oxygens (including phenoxy) is 5. The maximum Gasteiger partial charge on any atom is 0.303 e. The molecule has 0 unspecified atom stereocenters. The number of carbonyl (C=O) groups excluding carboxylic acids is 5. The van der Waals surface area contributed by atoms with Crippen molar-refractivity contribution in [2.24, 2.45) is 5.73 Å². The predicted molar refractivity (Wildman–Crippen MR) is 82.3 cm³/mol. The Bertz CT molecular complexity index is 633. The van der Waals surface area contributed by atoms with Crippen LogP contribution in [0.15, 0.2) is 0 Å². The molecule has 0 radical (unpaired) electrons. The molecule has 1 aliphatic rings. The molecule has 1 amide bonds. The van der Waals surface area contributed by atoms with Crippen LogP contribution in [-0.4, -0.2) is 71.7 Å². The van der Waals surface area contributed by atoms with Crippen molar-refractivity contribution in [1.82, 2.24) is 0 Å². The van der Waals surface area contributed by atoms with E-state index in [1.165, 1.54) is 0 Å². The van der Waals surface area contributed by atoms with Crippen LogP contribution in [0.1, 0.15) is 27.7 Å². The summed E-state index contributed by atoms with van der Waals surface area (Å²) in [6.07, 6.45) is -6.59. The maximum atomic E-state index is 11.8. The van der Waals surface area contributed by atoms with Gasteiger partial charge in [0.25, 0.3) is 11.7 Å². The monoisotopic (exact) mass is 391 g/mol. The van der Waals surface area contributed by atoms with Crippen LogP contribution in [0, 0.1) is 0 Å². The van der Waals surface area contributed by atoms with Crippen LogP contribution < -0.4 is 5.73 Å². The van der Waals surface area contributed by atoms with Crippen LogP contribution in [0.3, 0.4) is 0 Å². The summed E-state index contributed by atoms with van der Waals surface area (Å²) in [5.74, 6) is -7.89. The van der Waals surface area contributed by atoms with Gasteiger partial charge in [-0.15, -0.1) is 0 Å². The summed E-state index contributed by atoms with van der Waals surface area (Å²) >= 11 is 0. The highest BCUT2D eigenvalue weighted by molar-refractivity contribution is 5.83. The smallest absolute Gasteiger partial charge is 0.303 e. The quantitative estimate of drug-likeness (QED) is 0.375. The minimum atomic E-state index is -2.95. The SMILES string of the molecule is CC(=O)OC[C@H]1O[C@@](O)(C(N)=O)[C@H](OC(C)=O)[C@@H](OC(C)=O)[C@@H]1OC(C)=O. The third-order valence-corrected chi connectivity index (χ3v) is 3.41. The lowest BCUT2D eigenvalue weighted by molar-refractivity contribution is -0.334.